The zero-order chi connectivity index (χ0) is 10.7. The van der Waals surface area contributed by atoms with Gasteiger partial charge < -0.3 is 10.6 Å². The molecule has 0 saturated carbocycles. The number of benzene rings is 1. The van der Waals surface area contributed by atoms with Gasteiger partial charge in [-0.3, -0.25) is 0 Å². The monoisotopic (exact) mass is 192 g/mol. The van der Waals surface area contributed by atoms with Gasteiger partial charge in [0.05, 0.1) is 0 Å². The fourth-order valence-electron chi connectivity index (χ4n) is 1.39. The molecule has 0 heterocycles. The van der Waals surface area contributed by atoms with Crippen LogP contribution in [0.25, 0.3) is 0 Å². The predicted molar refractivity (Wildman–Crippen MR) is 62.8 cm³/mol. The van der Waals surface area contributed by atoms with E-state index in [4.69, 9.17) is 5.73 Å². The summed E-state index contributed by atoms with van der Waals surface area (Å²) < 4.78 is 0. The van der Waals surface area contributed by atoms with Crippen molar-refractivity contribution in [3.05, 3.63) is 29.8 Å². The first-order chi connectivity index (χ1) is 6.52. The summed E-state index contributed by atoms with van der Waals surface area (Å²) in [7, 11) is 4.10. The second kappa shape index (κ2) is 4.47. The number of rotatable bonds is 3. The van der Waals surface area contributed by atoms with Crippen molar-refractivity contribution < 1.29 is 0 Å². The highest BCUT2D eigenvalue weighted by Gasteiger charge is 2.10. The molecule has 0 fully saturated rings. The van der Waals surface area contributed by atoms with Crippen LogP contribution in [0.3, 0.4) is 0 Å². The van der Waals surface area contributed by atoms with E-state index in [-0.39, 0.29) is 6.04 Å². The minimum absolute atomic E-state index is 0.201. The molecule has 78 valence electrons. The van der Waals surface area contributed by atoms with E-state index < -0.39 is 0 Å². The van der Waals surface area contributed by atoms with Crippen LogP contribution in [0.15, 0.2) is 24.3 Å². The first-order valence-corrected chi connectivity index (χ1v) is 5.05. The van der Waals surface area contributed by atoms with E-state index in [1.807, 2.05) is 6.92 Å². The Morgan fingerprint density at radius 3 is 2.36 bits per heavy atom. The molecule has 2 heteroatoms. The highest BCUT2D eigenvalue weighted by atomic mass is 15.1. The van der Waals surface area contributed by atoms with Crippen LogP contribution in [-0.2, 0) is 0 Å². The van der Waals surface area contributed by atoms with Crippen LogP contribution in [0.4, 0.5) is 5.69 Å². The van der Waals surface area contributed by atoms with Gasteiger partial charge in [0, 0.05) is 25.8 Å². The van der Waals surface area contributed by atoms with Crippen LogP contribution < -0.4 is 10.6 Å². The van der Waals surface area contributed by atoms with Gasteiger partial charge in [-0.25, -0.2) is 0 Å². The van der Waals surface area contributed by atoms with Crippen LogP contribution in [-0.4, -0.2) is 20.1 Å². The molecule has 1 rings (SSSR count). The Balaban J connectivity index is 2.93. The Morgan fingerprint density at radius 1 is 1.21 bits per heavy atom. The molecule has 14 heavy (non-hydrogen) atoms. The predicted octanol–water partition coefficient (Wildman–Crippen LogP) is 2.20. The van der Waals surface area contributed by atoms with Gasteiger partial charge in [-0.2, -0.15) is 0 Å². The molecule has 0 aromatic heterocycles. The van der Waals surface area contributed by atoms with E-state index >= 15 is 0 Å². The molecule has 0 radical (unpaired) electrons. The average Bonchev–Trinajstić information content (AvgIpc) is 2.16. The maximum absolute atomic E-state index is 5.88. The van der Waals surface area contributed by atoms with Gasteiger partial charge in [0.2, 0.25) is 0 Å². The van der Waals surface area contributed by atoms with Crippen molar-refractivity contribution in [2.45, 2.75) is 25.8 Å². The van der Waals surface area contributed by atoms with E-state index in [2.05, 4.69) is 50.2 Å². The fraction of sp³-hybridized carbons (Fsp3) is 0.500. The van der Waals surface area contributed by atoms with Crippen molar-refractivity contribution in [1.82, 2.24) is 0 Å². The topological polar surface area (TPSA) is 29.3 Å². The molecular formula is C12H20N2. The second-order valence-electron chi connectivity index (χ2n) is 4.14. The number of anilines is 1. The van der Waals surface area contributed by atoms with Gasteiger partial charge in [-0.1, -0.05) is 19.1 Å². The summed E-state index contributed by atoms with van der Waals surface area (Å²) in [6, 6.07) is 8.74. The molecule has 1 aromatic rings. The van der Waals surface area contributed by atoms with Gasteiger partial charge in [0.15, 0.2) is 0 Å². The minimum atomic E-state index is 0.201. The Hall–Kier alpha value is -1.02. The molecule has 2 N–H and O–H groups in total. The summed E-state index contributed by atoms with van der Waals surface area (Å²) in [6.07, 6.45) is 0. The lowest BCUT2D eigenvalue weighted by atomic mass is 9.95. The van der Waals surface area contributed by atoms with Crippen LogP contribution in [0.1, 0.15) is 25.3 Å². The quantitative estimate of drug-likeness (QED) is 0.795. The zero-order valence-electron chi connectivity index (χ0n) is 9.49. The zero-order valence-corrected chi connectivity index (χ0v) is 9.49. The van der Waals surface area contributed by atoms with Crippen LogP contribution in [0.5, 0.6) is 0 Å². The van der Waals surface area contributed by atoms with Crippen LogP contribution in [0, 0.1) is 0 Å². The molecular weight excluding hydrogens is 172 g/mol. The van der Waals surface area contributed by atoms with E-state index in [1.54, 1.807) is 0 Å². The standard InChI is InChI=1S/C12H20N2/c1-9(10(2)13)11-6-5-7-12(8-11)14(3)4/h5-10H,13H2,1-4H3. The van der Waals surface area contributed by atoms with Gasteiger partial charge in [-0.05, 0) is 30.5 Å². The third-order valence-electron chi connectivity index (χ3n) is 2.70. The molecule has 0 spiro atoms. The largest absolute Gasteiger partial charge is 0.378 e. The Bertz CT molecular complexity index is 292. The van der Waals surface area contributed by atoms with E-state index in [0.29, 0.717) is 5.92 Å². The fourth-order valence-corrected chi connectivity index (χ4v) is 1.39. The van der Waals surface area contributed by atoms with Crippen molar-refractivity contribution in [3.63, 3.8) is 0 Å². The average molecular weight is 192 g/mol. The summed E-state index contributed by atoms with van der Waals surface area (Å²) in [6.45, 7) is 4.21. The molecule has 0 amide bonds. The Labute approximate surface area is 86.7 Å². The maximum atomic E-state index is 5.88. The lowest BCUT2D eigenvalue weighted by Crippen LogP contribution is -2.22. The van der Waals surface area contributed by atoms with Crippen LogP contribution in [0.2, 0.25) is 0 Å². The SMILES string of the molecule is CC(N)C(C)c1cccc(N(C)C)c1. The van der Waals surface area contributed by atoms with Crippen LogP contribution >= 0.6 is 0 Å². The maximum Gasteiger partial charge on any atom is 0.0363 e. The van der Waals surface area contributed by atoms with Crippen molar-refractivity contribution in [3.8, 4) is 0 Å². The van der Waals surface area contributed by atoms with Gasteiger partial charge in [0.1, 0.15) is 0 Å². The van der Waals surface area contributed by atoms with E-state index in [9.17, 15) is 0 Å². The van der Waals surface area contributed by atoms with Gasteiger partial charge >= 0.3 is 0 Å². The number of nitrogens with two attached hydrogens (primary N) is 1. The van der Waals surface area contributed by atoms with Gasteiger partial charge in [-0.15, -0.1) is 0 Å². The summed E-state index contributed by atoms with van der Waals surface area (Å²) >= 11 is 0. The number of hydrogen-bond donors (Lipinski definition) is 1. The van der Waals surface area contributed by atoms with E-state index in [0.717, 1.165) is 0 Å². The molecule has 0 bridgehead atoms. The van der Waals surface area contributed by atoms with Crippen molar-refractivity contribution in [2.75, 3.05) is 19.0 Å². The van der Waals surface area contributed by atoms with Gasteiger partial charge in [0.25, 0.3) is 0 Å². The highest BCUT2D eigenvalue weighted by Crippen LogP contribution is 2.22. The molecule has 1 aromatic carbocycles. The third-order valence-corrected chi connectivity index (χ3v) is 2.70. The Morgan fingerprint density at radius 2 is 1.86 bits per heavy atom. The van der Waals surface area contributed by atoms with E-state index in [1.165, 1.54) is 11.3 Å². The normalized spacial score (nSPS) is 14.9. The number of hydrogen-bond acceptors (Lipinski definition) is 2. The summed E-state index contributed by atoms with van der Waals surface area (Å²) in [5.74, 6) is 0.412. The molecule has 2 nitrogen and oxygen atoms in total. The summed E-state index contributed by atoms with van der Waals surface area (Å²) in [5.41, 5.74) is 8.42. The minimum Gasteiger partial charge on any atom is -0.378 e. The first kappa shape index (κ1) is 11.1. The molecule has 2 atom stereocenters. The lowest BCUT2D eigenvalue weighted by molar-refractivity contribution is 0.613. The lowest BCUT2D eigenvalue weighted by Gasteiger charge is -2.19. The Kier molecular flexibility index (Phi) is 3.53. The molecule has 0 aliphatic rings. The highest BCUT2D eigenvalue weighted by molar-refractivity contribution is 5.48. The summed E-state index contributed by atoms with van der Waals surface area (Å²) in [5, 5.41) is 0. The smallest absolute Gasteiger partial charge is 0.0363 e. The molecule has 0 saturated heterocycles. The van der Waals surface area contributed by atoms with Crippen molar-refractivity contribution in [2.24, 2.45) is 5.73 Å². The summed E-state index contributed by atoms with van der Waals surface area (Å²) in [4.78, 5) is 2.11. The second-order valence-corrected chi connectivity index (χ2v) is 4.14. The van der Waals surface area contributed by atoms with Crippen molar-refractivity contribution in [1.29, 1.82) is 0 Å². The van der Waals surface area contributed by atoms with Crippen molar-refractivity contribution >= 4 is 5.69 Å². The first-order valence-electron chi connectivity index (χ1n) is 5.05. The molecule has 0 aliphatic heterocycles. The number of nitrogens with zero attached hydrogens (tertiary/aromatic N) is 1. The third kappa shape index (κ3) is 2.48. The molecule has 0 aliphatic carbocycles. The molecule has 2 unspecified atom stereocenters.